The van der Waals surface area contributed by atoms with E-state index in [1.165, 1.54) is 14.2 Å². The van der Waals surface area contributed by atoms with Crippen molar-refractivity contribution in [1.82, 2.24) is 39.5 Å². The lowest BCUT2D eigenvalue weighted by molar-refractivity contribution is 0.195. The van der Waals surface area contributed by atoms with Gasteiger partial charge in [0.25, 0.3) is 0 Å². The summed E-state index contributed by atoms with van der Waals surface area (Å²) in [6.07, 6.45) is 3.16. The minimum absolute atomic E-state index is 0.0749. The Hall–Kier alpha value is -7.40. The maximum Gasteiger partial charge on any atom is 0.170 e. The number of ether oxygens (including phenoxy) is 2. The van der Waals surface area contributed by atoms with Crippen molar-refractivity contribution in [3.05, 3.63) is 178 Å². The van der Waals surface area contributed by atoms with Gasteiger partial charge in [0, 0.05) is 59.2 Å². The molecule has 22 heteroatoms. The molecule has 2 atom stereocenters. The number of pyridine rings is 2. The Kier molecular flexibility index (Phi) is 16.0. The first-order valence-corrected chi connectivity index (χ1v) is 25.5. The zero-order valence-corrected chi connectivity index (χ0v) is 41.3. The lowest BCUT2D eigenvalue weighted by atomic mass is 10.1. The van der Waals surface area contributed by atoms with Gasteiger partial charge in [-0.25, -0.2) is 34.4 Å². The largest absolute Gasteiger partial charge is 0.495 e. The number of benzene rings is 4. The second-order valence-electron chi connectivity index (χ2n) is 16.8. The first-order chi connectivity index (χ1) is 34.2. The average molecular weight is 1030 g/mol. The lowest BCUT2D eigenvalue weighted by Crippen LogP contribution is -2.19. The molecule has 0 unspecified atom stereocenters. The van der Waals surface area contributed by atoms with Crippen molar-refractivity contribution in [2.24, 2.45) is 0 Å². The lowest BCUT2D eigenvalue weighted by Gasteiger charge is -2.17. The molecular formula is C50H48F4N8O8S2. The van der Waals surface area contributed by atoms with E-state index in [-0.39, 0.29) is 22.8 Å². The predicted molar refractivity (Wildman–Crippen MR) is 259 cm³/mol. The minimum atomic E-state index is -4.04. The Balaban J connectivity index is 0.000000211. The van der Waals surface area contributed by atoms with Gasteiger partial charge in [-0.15, -0.1) is 20.4 Å². The van der Waals surface area contributed by atoms with Crippen LogP contribution in [-0.4, -0.2) is 92.3 Å². The molecule has 0 aliphatic heterocycles. The molecule has 0 aliphatic carbocycles. The molecule has 0 radical (unpaired) electrons. The summed E-state index contributed by atoms with van der Waals surface area (Å²) < 4.78 is 121. The molecule has 2 N–H and O–H groups in total. The molecule has 0 amide bonds. The van der Waals surface area contributed by atoms with Crippen LogP contribution in [0.25, 0.3) is 34.2 Å². The van der Waals surface area contributed by atoms with Gasteiger partial charge in [-0.05, 0) is 86.3 Å². The summed E-state index contributed by atoms with van der Waals surface area (Å²) in [6, 6.07) is 19.6. The number of methoxy groups -OCH3 is 2. The molecule has 4 aromatic carbocycles. The summed E-state index contributed by atoms with van der Waals surface area (Å²) in [5.74, 6) is -4.70. The van der Waals surface area contributed by atoms with Gasteiger partial charge in [-0.2, -0.15) is 0 Å². The third-order valence-corrected chi connectivity index (χ3v) is 14.2. The SMILES string of the molecule is COc1cccc(C)c1-n1c(CS(=O)(=O)C[C@@H](O)c2ccc(F)cc2F)nnc1-c1cncc(C)c1.COc1cccc(C)c1-n1c(CS(=O)(=O)C[C@H](O)c2ccc(F)cc2F)nnc1-c1cncc(C)c1. The second kappa shape index (κ2) is 21.9. The Morgan fingerprint density at radius 1 is 0.542 bits per heavy atom. The van der Waals surface area contributed by atoms with Gasteiger partial charge < -0.3 is 19.7 Å². The van der Waals surface area contributed by atoms with Crippen LogP contribution >= 0.6 is 0 Å². The summed E-state index contributed by atoms with van der Waals surface area (Å²) in [7, 11) is -5.08. The van der Waals surface area contributed by atoms with E-state index < -0.39 is 78.2 Å². The van der Waals surface area contributed by atoms with Gasteiger partial charge >= 0.3 is 0 Å². The molecule has 16 nitrogen and oxygen atoms in total. The van der Waals surface area contributed by atoms with Crippen LogP contribution in [0.5, 0.6) is 11.5 Å². The van der Waals surface area contributed by atoms with Crippen LogP contribution in [0.2, 0.25) is 0 Å². The molecule has 8 aromatic rings. The molecule has 0 spiro atoms. The standard InChI is InChI=1S/2C25H24F2N4O4S/c2*1-15-9-17(12-28-11-15)25-30-29-23(31(25)24-16(2)5-4-6-22(24)35-3)14-36(33,34)13-21(32)19-8-7-18(26)10-20(19)27/h2*4-12,21,32H,13-14H2,1-3H3/t2*21-/m10/s1. The van der Waals surface area contributed by atoms with E-state index in [4.69, 9.17) is 9.47 Å². The van der Waals surface area contributed by atoms with E-state index in [9.17, 15) is 44.6 Å². The van der Waals surface area contributed by atoms with E-state index in [0.29, 0.717) is 57.8 Å². The highest BCUT2D eigenvalue weighted by Gasteiger charge is 2.30. The fraction of sp³-hybridized carbons (Fsp3) is 0.240. The topological polar surface area (TPSA) is 214 Å². The Bertz CT molecular complexity index is 3270. The Morgan fingerprint density at radius 2 is 0.931 bits per heavy atom. The van der Waals surface area contributed by atoms with Crippen LogP contribution in [0.4, 0.5) is 17.6 Å². The number of aryl methyl sites for hydroxylation is 4. The average Bonchev–Trinajstić information content (AvgIpc) is 3.91. The van der Waals surface area contributed by atoms with Gasteiger partial charge in [0.15, 0.2) is 43.0 Å². The number of nitrogens with zero attached hydrogens (tertiary/aromatic N) is 8. The number of hydrogen-bond acceptors (Lipinski definition) is 14. The van der Waals surface area contributed by atoms with Crippen molar-refractivity contribution >= 4 is 19.7 Å². The fourth-order valence-corrected chi connectivity index (χ4v) is 10.6. The van der Waals surface area contributed by atoms with E-state index >= 15 is 0 Å². The van der Waals surface area contributed by atoms with E-state index in [1.807, 2.05) is 52.0 Å². The third-order valence-electron chi connectivity index (χ3n) is 11.2. The van der Waals surface area contributed by atoms with Crippen molar-refractivity contribution in [3.63, 3.8) is 0 Å². The van der Waals surface area contributed by atoms with E-state index in [1.54, 1.807) is 58.2 Å². The number of para-hydroxylation sites is 2. The van der Waals surface area contributed by atoms with Crippen molar-refractivity contribution < 1.29 is 54.1 Å². The molecule has 0 bridgehead atoms. The molecule has 4 heterocycles. The zero-order valence-electron chi connectivity index (χ0n) is 39.6. The molecule has 0 saturated carbocycles. The second-order valence-corrected chi connectivity index (χ2v) is 21.0. The molecule has 0 saturated heterocycles. The first kappa shape index (κ1) is 52.4. The molecule has 8 rings (SSSR count). The van der Waals surface area contributed by atoms with Gasteiger partial charge in [0.05, 0.1) is 49.3 Å². The van der Waals surface area contributed by atoms with Crippen molar-refractivity contribution in [2.45, 2.75) is 51.4 Å². The maximum atomic E-state index is 14.1. The van der Waals surface area contributed by atoms with Gasteiger partial charge in [0.1, 0.15) is 46.3 Å². The maximum absolute atomic E-state index is 14.1. The molecule has 0 fully saturated rings. The van der Waals surface area contributed by atoms with Gasteiger partial charge in [-0.1, -0.05) is 36.4 Å². The molecule has 376 valence electrons. The van der Waals surface area contributed by atoms with E-state index in [0.717, 1.165) is 46.5 Å². The highest BCUT2D eigenvalue weighted by Crippen LogP contribution is 2.35. The summed E-state index contributed by atoms with van der Waals surface area (Å²) in [5.41, 5.74) is 5.02. The van der Waals surface area contributed by atoms with Crippen LogP contribution in [0.1, 0.15) is 57.2 Å². The van der Waals surface area contributed by atoms with Crippen LogP contribution in [0.15, 0.2) is 110 Å². The highest BCUT2D eigenvalue weighted by atomic mass is 32.2. The molecular weight excluding hydrogens is 981 g/mol. The van der Waals surface area contributed by atoms with Crippen molar-refractivity contribution in [3.8, 4) is 45.6 Å². The summed E-state index contributed by atoms with van der Waals surface area (Å²) in [5, 5.41) is 37.7. The van der Waals surface area contributed by atoms with Gasteiger partial charge in [0.2, 0.25) is 0 Å². The third kappa shape index (κ3) is 12.0. The van der Waals surface area contributed by atoms with Crippen molar-refractivity contribution in [1.29, 1.82) is 0 Å². The monoisotopic (exact) mass is 1030 g/mol. The smallest absolute Gasteiger partial charge is 0.170 e. The van der Waals surface area contributed by atoms with Crippen LogP contribution < -0.4 is 9.47 Å². The fourth-order valence-electron chi connectivity index (χ4n) is 7.90. The first-order valence-electron chi connectivity index (χ1n) is 21.9. The highest BCUT2D eigenvalue weighted by molar-refractivity contribution is 7.90. The predicted octanol–water partition coefficient (Wildman–Crippen LogP) is 7.76. The molecule has 0 aliphatic rings. The molecule has 72 heavy (non-hydrogen) atoms. The van der Waals surface area contributed by atoms with Crippen LogP contribution in [-0.2, 0) is 31.2 Å². The van der Waals surface area contributed by atoms with Crippen LogP contribution in [0, 0.1) is 51.0 Å². The number of aromatic nitrogens is 8. The Morgan fingerprint density at radius 3 is 1.28 bits per heavy atom. The summed E-state index contributed by atoms with van der Waals surface area (Å²) >= 11 is 0. The Labute approximate surface area is 412 Å². The van der Waals surface area contributed by atoms with Crippen molar-refractivity contribution in [2.75, 3.05) is 25.7 Å². The number of rotatable bonds is 16. The molecule has 4 aromatic heterocycles. The summed E-state index contributed by atoms with van der Waals surface area (Å²) in [4.78, 5) is 8.41. The zero-order chi connectivity index (χ0) is 52.1. The normalized spacial score (nSPS) is 12.5. The minimum Gasteiger partial charge on any atom is -0.495 e. The summed E-state index contributed by atoms with van der Waals surface area (Å²) in [6.45, 7) is 7.42. The number of halogens is 4. The number of sulfone groups is 2. The van der Waals surface area contributed by atoms with E-state index in [2.05, 4.69) is 30.4 Å². The number of hydrogen-bond donors (Lipinski definition) is 2. The number of aliphatic hydroxyl groups excluding tert-OH is 2. The van der Waals surface area contributed by atoms with Gasteiger partial charge in [-0.3, -0.25) is 19.1 Å². The quantitative estimate of drug-likeness (QED) is 0.0886. The van der Waals surface area contributed by atoms with Crippen LogP contribution in [0.3, 0.4) is 0 Å². The number of aliphatic hydroxyl groups is 2.